The average Bonchev–Trinajstić information content (AvgIpc) is 2.43. The summed E-state index contributed by atoms with van der Waals surface area (Å²) < 4.78 is 15.4. The molecule has 0 bridgehead atoms. The smallest absolute Gasteiger partial charge is 0.129 e. The van der Waals surface area contributed by atoms with Crippen LogP contribution in [0.3, 0.4) is 0 Å². The molecule has 0 saturated heterocycles. The number of ether oxygens (including phenoxy) is 3. The summed E-state index contributed by atoms with van der Waals surface area (Å²) in [5.74, 6) is 2.28. The molecule has 0 saturated carbocycles. The van der Waals surface area contributed by atoms with Gasteiger partial charge < -0.3 is 14.2 Å². The molecule has 0 aromatic heterocycles. The van der Waals surface area contributed by atoms with Crippen molar-refractivity contribution in [3.05, 3.63) is 17.7 Å². The lowest BCUT2D eigenvalue weighted by molar-refractivity contribution is 0.371. The normalized spacial score (nSPS) is 8.00. The van der Waals surface area contributed by atoms with Crippen LogP contribution in [0.2, 0.25) is 0 Å². The van der Waals surface area contributed by atoms with Crippen LogP contribution in [0.4, 0.5) is 0 Å². The van der Waals surface area contributed by atoms with E-state index in [1.54, 1.807) is 21.3 Å². The van der Waals surface area contributed by atoms with Crippen LogP contribution >= 0.6 is 0 Å². The van der Waals surface area contributed by atoms with Crippen LogP contribution in [0.15, 0.2) is 12.1 Å². The van der Waals surface area contributed by atoms with Crippen LogP contribution in [-0.2, 0) is 0 Å². The summed E-state index contributed by atoms with van der Waals surface area (Å²) in [6, 6.07) is 3.66. The summed E-state index contributed by atoms with van der Waals surface area (Å²) in [7, 11) is 4.87. The van der Waals surface area contributed by atoms with Gasteiger partial charge >= 0.3 is 0 Å². The summed E-state index contributed by atoms with van der Waals surface area (Å²) in [5.41, 5.74) is 0.978. The summed E-state index contributed by atoms with van der Waals surface area (Å²) in [5, 5.41) is 0. The van der Waals surface area contributed by atoms with Gasteiger partial charge in [0.1, 0.15) is 17.2 Å². The van der Waals surface area contributed by atoms with Crippen LogP contribution in [0.25, 0.3) is 0 Å². The van der Waals surface area contributed by atoms with Crippen molar-refractivity contribution in [3.8, 4) is 17.2 Å². The maximum atomic E-state index is 5.17. The molecular formula is C14H26O3. The maximum Gasteiger partial charge on any atom is 0.129 e. The minimum absolute atomic E-state index is 0.735. The Hall–Kier alpha value is -1.38. The molecule has 17 heavy (non-hydrogen) atoms. The van der Waals surface area contributed by atoms with Crippen molar-refractivity contribution in [2.24, 2.45) is 0 Å². The van der Waals surface area contributed by atoms with Gasteiger partial charge in [0.15, 0.2) is 0 Å². The van der Waals surface area contributed by atoms with Crippen LogP contribution in [0.5, 0.6) is 17.2 Å². The summed E-state index contributed by atoms with van der Waals surface area (Å²) in [6.45, 7) is 9.94. The third kappa shape index (κ3) is 5.48. The largest absolute Gasteiger partial charge is 0.496 e. The van der Waals surface area contributed by atoms with E-state index in [-0.39, 0.29) is 0 Å². The van der Waals surface area contributed by atoms with E-state index in [4.69, 9.17) is 14.2 Å². The van der Waals surface area contributed by atoms with Crippen LogP contribution in [0.1, 0.15) is 33.3 Å². The zero-order valence-electron chi connectivity index (χ0n) is 12.4. The van der Waals surface area contributed by atoms with Gasteiger partial charge in [-0.05, 0) is 6.92 Å². The highest BCUT2D eigenvalue weighted by molar-refractivity contribution is 5.49. The van der Waals surface area contributed by atoms with Crippen molar-refractivity contribution in [1.29, 1.82) is 0 Å². The van der Waals surface area contributed by atoms with E-state index in [1.165, 1.54) is 0 Å². The maximum absolute atomic E-state index is 5.17. The number of benzene rings is 1. The molecule has 0 heterocycles. The fraction of sp³-hybridized carbons (Fsp3) is 0.571. The van der Waals surface area contributed by atoms with Crippen LogP contribution < -0.4 is 14.2 Å². The first kappa shape index (κ1) is 18.0. The van der Waals surface area contributed by atoms with Gasteiger partial charge in [0, 0.05) is 17.7 Å². The molecule has 0 radical (unpaired) electrons. The molecule has 1 aromatic rings. The van der Waals surface area contributed by atoms with Crippen molar-refractivity contribution < 1.29 is 14.2 Å². The van der Waals surface area contributed by atoms with Crippen molar-refractivity contribution in [1.82, 2.24) is 0 Å². The van der Waals surface area contributed by atoms with Gasteiger partial charge in [0.05, 0.1) is 21.3 Å². The summed E-state index contributed by atoms with van der Waals surface area (Å²) in [6.07, 6.45) is 0. The molecule has 0 amide bonds. The molecule has 0 atom stereocenters. The van der Waals surface area contributed by atoms with Crippen molar-refractivity contribution >= 4 is 0 Å². The van der Waals surface area contributed by atoms with Crippen molar-refractivity contribution in [2.45, 2.75) is 34.6 Å². The van der Waals surface area contributed by atoms with E-state index in [9.17, 15) is 0 Å². The lowest BCUT2D eigenvalue weighted by Gasteiger charge is -2.11. The zero-order chi connectivity index (χ0) is 13.8. The fourth-order valence-electron chi connectivity index (χ4n) is 1.18. The Morgan fingerprint density at radius 1 is 0.706 bits per heavy atom. The molecule has 0 spiro atoms. The van der Waals surface area contributed by atoms with Gasteiger partial charge in [-0.15, -0.1) is 0 Å². The molecule has 100 valence electrons. The van der Waals surface area contributed by atoms with Gasteiger partial charge in [0.25, 0.3) is 0 Å². The molecule has 3 heteroatoms. The molecule has 3 nitrogen and oxygen atoms in total. The van der Waals surface area contributed by atoms with Gasteiger partial charge in [0.2, 0.25) is 0 Å². The molecule has 0 aliphatic heterocycles. The summed E-state index contributed by atoms with van der Waals surface area (Å²) in [4.78, 5) is 0. The van der Waals surface area contributed by atoms with E-state index in [1.807, 2.05) is 46.8 Å². The highest BCUT2D eigenvalue weighted by Crippen LogP contribution is 2.32. The minimum atomic E-state index is 0.735. The predicted molar refractivity (Wildman–Crippen MR) is 73.5 cm³/mol. The number of hydrogen-bond donors (Lipinski definition) is 0. The van der Waals surface area contributed by atoms with E-state index in [2.05, 4.69) is 0 Å². The minimum Gasteiger partial charge on any atom is -0.496 e. The lowest BCUT2D eigenvalue weighted by atomic mass is 10.2. The molecule has 0 N–H and O–H groups in total. The standard InChI is InChI=1S/C10H14O3.2C2H6/c1-7-9(12-3)5-8(11-2)6-10(7)13-4;2*1-2/h5-6H,1-4H3;2*1-2H3. The van der Waals surface area contributed by atoms with Crippen molar-refractivity contribution in [3.63, 3.8) is 0 Å². The summed E-state index contributed by atoms with van der Waals surface area (Å²) >= 11 is 0. The average molecular weight is 242 g/mol. The third-order valence-electron chi connectivity index (χ3n) is 1.96. The van der Waals surface area contributed by atoms with Gasteiger partial charge in [-0.2, -0.15) is 0 Å². The lowest BCUT2D eigenvalue weighted by Crippen LogP contribution is -1.94. The second-order valence-corrected chi connectivity index (χ2v) is 2.66. The van der Waals surface area contributed by atoms with E-state index < -0.39 is 0 Å². The second-order valence-electron chi connectivity index (χ2n) is 2.66. The number of rotatable bonds is 3. The first-order valence-electron chi connectivity index (χ1n) is 5.99. The fourth-order valence-corrected chi connectivity index (χ4v) is 1.18. The highest BCUT2D eigenvalue weighted by Gasteiger charge is 2.07. The topological polar surface area (TPSA) is 27.7 Å². The van der Waals surface area contributed by atoms with Crippen LogP contribution in [-0.4, -0.2) is 21.3 Å². The Morgan fingerprint density at radius 3 is 1.29 bits per heavy atom. The van der Waals surface area contributed by atoms with Crippen molar-refractivity contribution in [2.75, 3.05) is 21.3 Å². The van der Waals surface area contributed by atoms with Gasteiger partial charge in [-0.25, -0.2) is 0 Å². The van der Waals surface area contributed by atoms with Crippen LogP contribution in [0, 0.1) is 6.92 Å². The first-order valence-corrected chi connectivity index (χ1v) is 5.99. The van der Waals surface area contributed by atoms with Gasteiger partial charge in [-0.1, -0.05) is 27.7 Å². The van der Waals surface area contributed by atoms with E-state index in [0.717, 1.165) is 22.8 Å². The molecule has 0 aliphatic carbocycles. The SMILES string of the molecule is CC.CC.COc1cc(OC)c(C)c(OC)c1. The predicted octanol–water partition coefficient (Wildman–Crippen LogP) is 4.07. The number of methoxy groups -OCH3 is 3. The van der Waals surface area contributed by atoms with Gasteiger partial charge in [-0.3, -0.25) is 0 Å². The Bertz CT molecular complexity index is 271. The molecular weight excluding hydrogens is 216 g/mol. The van der Waals surface area contributed by atoms with E-state index >= 15 is 0 Å². The Morgan fingerprint density at radius 2 is 1.06 bits per heavy atom. The monoisotopic (exact) mass is 242 g/mol. The Labute approximate surface area is 106 Å². The molecule has 1 rings (SSSR count). The highest BCUT2D eigenvalue weighted by atomic mass is 16.5. The zero-order valence-corrected chi connectivity index (χ0v) is 12.4. The third-order valence-corrected chi connectivity index (χ3v) is 1.96. The molecule has 1 aromatic carbocycles. The number of hydrogen-bond acceptors (Lipinski definition) is 3. The molecule has 0 aliphatic rings. The molecule has 0 fully saturated rings. The first-order chi connectivity index (χ1) is 8.22. The Kier molecular flexibility index (Phi) is 11.8. The molecule has 0 unspecified atom stereocenters. The Balaban J connectivity index is 0. The van der Waals surface area contributed by atoms with E-state index in [0.29, 0.717) is 0 Å². The quantitative estimate of drug-likeness (QED) is 0.799. The second kappa shape index (κ2) is 11.1.